The first kappa shape index (κ1) is 29.8. The quantitative estimate of drug-likeness (QED) is 0.177. The molecule has 0 saturated carbocycles. The standard InChI is InChI=1S/C34H43N5S/c1-6-10-24(20-35-3)21-36-28(11-7-2)19-26-16-17-31-29(14-9-15-30(26)31)25-12-8-13-27(18-25)32-22-37-33(23-39(4)5)34(40)38-32/h8-15,18,21-22,26,35H,6-7,16-17,19-20,23H2,1-5H3,(H,38,40)/b24-10-,28-11-,36-21-. The SMILES string of the molecule is CC\C=C(/C=N\C(=C/CC)CC1CCc2c(-c3cccc(-c4cnc(CN(C)C)c(=S)[nH]4)c3)cccc21)CNC. The Bertz CT molecular complexity index is 1450. The number of nitrogens with one attached hydrogen (secondary N) is 2. The minimum Gasteiger partial charge on any atom is -0.343 e. The summed E-state index contributed by atoms with van der Waals surface area (Å²) in [6.07, 6.45) is 13.7. The van der Waals surface area contributed by atoms with Gasteiger partial charge in [-0.2, -0.15) is 0 Å². The van der Waals surface area contributed by atoms with Gasteiger partial charge in [-0.15, -0.1) is 0 Å². The van der Waals surface area contributed by atoms with Gasteiger partial charge in [0.2, 0.25) is 0 Å². The summed E-state index contributed by atoms with van der Waals surface area (Å²) in [5.74, 6) is 0.487. The van der Waals surface area contributed by atoms with Gasteiger partial charge in [0.05, 0.1) is 17.6 Å². The van der Waals surface area contributed by atoms with Crippen molar-refractivity contribution < 1.29 is 0 Å². The molecule has 0 aliphatic heterocycles. The average molecular weight is 554 g/mol. The summed E-state index contributed by atoms with van der Waals surface area (Å²) in [6, 6.07) is 15.5. The maximum Gasteiger partial charge on any atom is 0.126 e. The lowest BCUT2D eigenvalue weighted by Crippen LogP contribution is -2.12. The smallest absolute Gasteiger partial charge is 0.126 e. The lowest BCUT2D eigenvalue weighted by molar-refractivity contribution is 0.395. The van der Waals surface area contributed by atoms with Crippen LogP contribution in [0.4, 0.5) is 0 Å². The van der Waals surface area contributed by atoms with Crippen molar-refractivity contribution in [3.8, 4) is 22.4 Å². The van der Waals surface area contributed by atoms with Gasteiger partial charge in [0.1, 0.15) is 4.64 Å². The predicted molar refractivity (Wildman–Crippen MR) is 173 cm³/mol. The molecule has 0 spiro atoms. The molecular formula is C34H43N5S. The Hall–Kier alpha value is -3.19. The number of hydrogen-bond acceptors (Lipinski definition) is 5. The Labute approximate surface area is 245 Å². The van der Waals surface area contributed by atoms with E-state index in [2.05, 4.69) is 88.6 Å². The van der Waals surface area contributed by atoms with Crippen molar-refractivity contribution in [1.29, 1.82) is 0 Å². The number of aliphatic imine (C=N–C) groups is 1. The van der Waals surface area contributed by atoms with Gasteiger partial charge in [0, 0.05) is 30.6 Å². The van der Waals surface area contributed by atoms with Crippen molar-refractivity contribution in [2.45, 2.75) is 58.4 Å². The third kappa shape index (κ3) is 7.51. The molecule has 6 heteroatoms. The van der Waals surface area contributed by atoms with E-state index in [0.717, 1.165) is 62.1 Å². The molecule has 2 aromatic carbocycles. The largest absolute Gasteiger partial charge is 0.343 e. The zero-order valence-corrected chi connectivity index (χ0v) is 25.4. The number of rotatable bonds is 12. The van der Waals surface area contributed by atoms with Crippen molar-refractivity contribution in [1.82, 2.24) is 20.2 Å². The normalized spacial score (nSPS) is 15.8. The number of aromatic amines is 1. The van der Waals surface area contributed by atoms with E-state index >= 15 is 0 Å². The molecule has 1 heterocycles. The maximum atomic E-state index is 5.61. The highest BCUT2D eigenvalue weighted by molar-refractivity contribution is 7.71. The van der Waals surface area contributed by atoms with Crippen LogP contribution in [-0.2, 0) is 13.0 Å². The maximum absolute atomic E-state index is 5.61. The summed E-state index contributed by atoms with van der Waals surface area (Å²) < 4.78 is 0.696. The number of H-pyrrole nitrogens is 1. The minimum atomic E-state index is 0.487. The molecule has 210 valence electrons. The Morgan fingerprint density at radius 2 is 1.90 bits per heavy atom. The molecule has 1 aliphatic carbocycles. The first-order valence-electron chi connectivity index (χ1n) is 14.5. The van der Waals surface area contributed by atoms with Gasteiger partial charge < -0.3 is 15.2 Å². The summed E-state index contributed by atoms with van der Waals surface area (Å²) in [5.41, 5.74) is 10.9. The van der Waals surface area contributed by atoms with E-state index in [-0.39, 0.29) is 0 Å². The van der Waals surface area contributed by atoms with Gasteiger partial charge in [-0.1, -0.05) is 74.6 Å². The van der Waals surface area contributed by atoms with E-state index in [1.54, 1.807) is 0 Å². The molecule has 0 radical (unpaired) electrons. The van der Waals surface area contributed by atoms with Crippen LogP contribution in [0.15, 0.2) is 77.1 Å². The van der Waals surface area contributed by atoms with Gasteiger partial charge in [-0.05, 0) is 93.1 Å². The van der Waals surface area contributed by atoms with Crippen LogP contribution in [-0.4, -0.2) is 48.8 Å². The van der Waals surface area contributed by atoms with Crippen LogP contribution in [0.5, 0.6) is 0 Å². The lowest BCUT2D eigenvalue weighted by atomic mass is 9.92. The van der Waals surface area contributed by atoms with Crippen LogP contribution in [0.2, 0.25) is 0 Å². The number of nitrogens with zero attached hydrogens (tertiary/aromatic N) is 3. The monoisotopic (exact) mass is 553 g/mol. The van der Waals surface area contributed by atoms with Crippen molar-refractivity contribution in [3.05, 3.63) is 93.5 Å². The molecule has 2 N–H and O–H groups in total. The molecule has 1 unspecified atom stereocenters. The minimum absolute atomic E-state index is 0.487. The van der Waals surface area contributed by atoms with Crippen LogP contribution >= 0.6 is 12.2 Å². The fourth-order valence-electron chi connectivity index (χ4n) is 5.54. The summed E-state index contributed by atoms with van der Waals surface area (Å²) in [7, 11) is 6.03. The summed E-state index contributed by atoms with van der Waals surface area (Å²) in [4.78, 5) is 15.1. The molecule has 5 nitrogen and oxygen atoms in total. The third-order valence-corrected chi connectivity index (χ3v) is 7.68. The number of benzene rings is 2. The number of likely N-dealkylation sites (N-methyl/N-ethyl adjacent to an activating group) is 1. The van der Waals surface area contributed by atoms with E-state index in [4.69, 9.17) is 17.2 Å². The number of hydrogen-bond donors (Lipinski definition) is 2. The second kappa shape index (κ2) is 14.4. The Balaban J connectivity index is 1.59. The second-order valence-electron chi connectivity index (χ2n) is 10.8. The number of allylic oxidation sites excluding steroid dienone is 3. The Morgan fingerprint density at radius 1 is 1.12 bits per heavy atom. The molecule has 0 amide bonds. The Kier molecular flexibility index (Phi) is 10.8. The number of fused-ring (bicyclic) bond motifs is 1. The van der Waals surface area contributed by atoms with E-state index in [1.165, 1.54) is 33.5 Å². The zero-order chi connectivity index (χ0) is 28.5. The van der Waals surface area contributed by atoms with Crippen molar-refractivity contribution in [3.63, 3.8) is 0 Å². The molecule has 1 aliphatic rings. The van der Waals surface area contributed by atoms with Crippen molar-refractivity contribution >= 4 is 18.4 Å². The fourth-order valence-corrected chi connectivity index (χ4v) is 5.77. The second-order valence-corrected chi connectivity index (χ2v) is 11.2. The van der Waals surface area contributed by atoms with Crippen LogP contribution in [0.3, 0.4) is 0 Å². The van der Waals surface area contributed by atoms with Crippen molar-refractivity contribution in [2.24, 2.45) is 4.99 Å². The number of aromatic nitrogens is 2. The fraction of sp³-hybridized carbons (Fsp3) is 0.382. The molecule has 4 rings (SSSR count). The van der Waals surface area contributed by atoms with E-state index < -0.39 is 0 Å². The van der Waals surface area contributed by atoms with E-state index in [0.29, 0.717) is 10.6 Å². The molecule has 40 heavy (non-hydrogen) atoms. The van der Waals surface area contributed by atoms with E-state index in [9.17, 15) is 0 Å². The molecular weight excluding hydrogens is 510 g/mol. The Morgan fingerprint density at radius 3 is 2.62 bits per heavy atom. The third-order valence-electron chi connectivity index (χ3n) is 7.34. The highest BCUT2D eigenvalue weighted by atomic mass is 32.1. The van der Waals surface area contributed by atoms with Crippen LogP contribution in [0.25, 0.3) is 22.4 Å². The van der Waals surface area contributed by atoms with Gasteiger partial charge >= 0.3 is 0 Å². The molecule has 0 bridgehead atoms. The van der Waals surface area contributed by atoms with Crippen LogP contribution < -0.4 is 5.32 Å². The summed E-state index contributed by atoms with van der Waals surface area (Å²) in [6.45, 7) is 5.92. The molecule has 1 aromatic heterocycles. The van der Waals surface area contributed by atoms with E-state index in [1.807, 2.05) is 33.6 Å². The summed E-state index contributed by atoms with van der Waals surface area (Å²) in [5, 5.41) is 3.25. The van der Waals surface area contributed by atoms with Crippen LogP contribution in [0, 0.1) is 4.64 Å². The topological polar surface area (TPSA) is 56.3 Å². The highest BCUT2D eigenvalue weighted by Crippen LogP contribution is 2.42. The van der Waals surface area contributed by atoms with Crippen molar-refractivity contribution in [2.75, 3.05) is 27.7 Å². The molecule has 3 aromatic rings. The predicted octanol–water partition coefficient (Wildman–Crippen LogP) is 7.88. The first-order chi connectivity index (χ1) is 19.4. The first-order valence-corrected chi connectivity index (χ1v) is 14.9. The van der Waals surface area contributed by atoms with Gasteiger partial charge in [-0.3, -0.25) is 9.98 Å². The molecule has 1 atom stereocenters. The molecule has 0 fully saturated rings. The van der Waals surface area contributed by atoms with Gasteiger partial charge in [0.25, 0.3) is 0 Å². The van der Waals surface area contributed by atoms with Gasteiger partial charge in [-0.25, -0.2) is 0 Å². The van der Waals surface area contributed by atoms with Gasteiger partial charge in [0.15, 0.2) is 0 Å². The summed E-state index contributed by atoms with van der Waals surface area (Å²) >= 11 is 5.61. The molecule has 0 saturated heterocycles. The zero-order valence-electron chi connectivity index (χ0n) is 24.6. The van der Waals surface area contributed by atoms with Crippen LogP contribution in [0.1, 0.15) is 62.3 Å². The average Bonchev–Trinajstić information content (AvgIpc) is 3.35. The highest BCUT2D eigenvalue weighted by Gasteiger charge is 2.25. The lowest BCUT2D eigenvalue weighted by Gasteiger charge is -2.15.